The average molecular weight is 994 g/mol. The van der Waals surface area contributed by atoms with Gasteiger partial charge in [0.2, 0.25) is 23.3 Å². The number of aromatic nitrogens is 2. The molecule has 0 spiro atoms. The van der Waals surface area contributed by atoms with Gasteiger partial charge in [-0.15, -0.1) is 0 Å². The second-order valence-corrected chi connectivity index (χ2v) is 19.2. The molecule has 382 valence electrons. The minimum absolute atomic E-state index is 0.00143. The minimum Gasteiger partial charge on any atom is -0.366 e. The number of likely N-dealkylation sites (tertiary alicyclic amines) is 1. The van der Waals surface area contributed by atoms with Crippen LogP contribution in [0.15, 0.2) is 102 Å². The van der Waals surface area contributed by atoms with Crippen molar-refractivity contribution in [3.05, 3.63) is 153 Å². The van der Waals surface area contributed by atoms with Crippen molar-refractivity contribution in [3.63, 3.8) is 0 Å². The number of halogens is 1. The monoisotopic (exact) mass is 994 g/mol. The number of pyridine rings is 2. The Morgan fingerprint density at radius 3 is 2.12 bits per heavy atom. The van der Waals surface area contributed by atoms with Crippen molar-refractivity contribution < 1.29 is 28.4 Å². The molecule has 3 saturated heterocycles. The topological polar surface area (TPSA) is 210 Å². The molecule has 5 aromatic rings. The van der Waals surface area contributed by atoms with Gasteiger partial charge >= 0.3 is 0 Å². The number of nitrogens with one attached hydrogen (secondary N) is 3. The summed E-state index contributed by atoms with van der Waals surface area (Å²) < 4.78 is 16.5. The fourth-order valence-electron chi connectivity index (χ4n) is 9.83. The molecule has 0 aliphatic carbocycles. The van der Waals surface area contributed by atoms with Crippen molar-refractivity contribution in [2.75, 3.05) is 90.4 Å². The summed E-state index contributed by atoms with van der Waals surface area (Å²) in [6.07, 6.45) is 6.23. The zero-order valence-electron chi connectivity index (χ0n) is 41.6. The van der Waals surface area contributed by atoms with Crippen molar-refractivity contribution in [1.82, 2.24) is 39.4 Å². The Kier molecular flexibility index (Phi) is 17.0. The highest BCUT2D eigenvalue weighted by atomic mass is 19.1. The number of hydrogen-bond donors (Lipinski definition) is 4. The molecule has 8 rings (SSSR count). The normalized spacial score (nSPS) is 15.8. The van der Waals surface area contributed by atoms with Crippen LogP contribution in [0.1, 0.15) is 73.2 Å². The number of piperidine rings is 1. The van der Waals surface area contributed by atoms with Crippen LogP contribution in [0, 0.1) is 17.1 Å². The van der Waals surface area contributed by atoms with Crippen molar-refractivity contribution in [2.24, 2.45) is 18.7 Å². The third kappa shape index (κ3) is 13.2. The van der Waals surface area contributed by atoms with Gasteiger partial charge in [-0.3, -0.25) is 38.6 Å². The largest absolute Gasteiger partial charge is 0.366 e. The second kappa shape index (κ2) is 23.9. The number of benzene rings is 3. The summed E-state index contributed by atoms with van der Waals surface area (Å²) in [5.41, 5.74) is 10.8. The van der Waals surface area contributed by atoms with Gasteiger partial charge in [-0.05, 0) is 84.8 Å². The highest BCUT2D eigenvalue weighted by molar-refractivity contribution is 6.09. The number of amides is 5. The van der Waals surface area contributed by atoms with Crippen molar-refractivity contribution in [2.45, 2.75) is 39.2 Å². The maximum absolute atomic E-state index is 15.1. The Bertz CT molecular complexity index is 2920. The number of piperazine rings is 2. The van der Waals surface area contributed by atoms with Gasteiger partial charge < -0.3 is 41.0 Å². The fraction of sp³-hybridized carbons (Fsp3) is 0.382. The molecule has 3 aromatic carbocycles. The van der Waals surface area contributed by atoms with E-state index in [1.165, 1.54) is 28.8 Å². The lowest BCUT2D eigenvalue weighted by Gasteiger charge is -2.39. The van der Waals surface area contributed by atoms with Crippen LogP contribution in [0.3, 0.4) is 0 Å². The maximum Gasteiger partial charge on any atom is 0.274 e. The highest BCUT2D eigenvalue weighted by Gasteiger charge is 2.31. The number of carbonyl (C=O) groups excluding carboxylic acids is 5. The summed E-state index contributed by atoms with van der Waals surface area (Å²) in [6.45, 7) is 8.87. The van der Waals surface area contributed by atoms with Crippen LogP contribution >= 0.6 is 0 Å². The summed E-state index contributed by atoms with van der Waals surface area (Å²) >= 11 is 0. The molecule has 2 aromatic heterocycles. The smallest absolute Gasteiger partial charge is 0.274 e. The van der Waals surface area contributed by atoms with Crippen LogP contribution in [-0.2, 0) is 36.0 Å². The SMILES string of the molecule is CCc1cccc(-c2cnc(C(=O)N3CCN(CC4CCN(CC(=O)N5CCN(C(=O)c6cc(CC(=N)c7ccccc7C(N)=O)ccc6F)CC5)CC4)CC3)c(NC(=O)CNCc3ccc(=O)n(C)c3)c2)c1. The van der Waals surface area contributed by atoms with Crippen LogP contribution in [0.2, 0.25) is 0 Å². The minimum atomic E-state index is -0.666. The number of nitrogens with two attached hydrogens (primary N) is 1. The van der Waals surface area contributed by atoms with E-state index in [1.54, 1.807) is 64.5 Å². The van der Waals surface area contributed by atoms with Gasteiger partial charge in [-0.2, -0.15) is 0 Å². The molecule has 0 atom stereocenters. The van der Waals surface area contributed by atoms with E-state index in [-0.39, 0.29) is 71.9 Å². The summed E-state index contributed by atoms with van der Waals surface area (Å²) in [4.78, 5) is 92.5. The lowest BCUT2D eigenvalue weighted by molar-refractivity contribution is -0.134. The van der Waals surface area contributed by atoms with Crippen LogP contribution in [0.4, 0.5) is 10.1 Å². The van der Waals surface area contributed by atoms with E-state index in [2.05, 4.69) is 44.5 Å². The Morgan fingerprint density at radius 1 is 0.726 bits per heavy atom. The number of rotatable bonds is 17. The van der Waals surface area contributed by atoms with Gasteiger partial charge in [-0.1, -0.05) is 61.5 Å². The molecule has 5 heterocycles. The first-order valence-electron chi connectivity index (χ1n) is 25.0. The van der Waals surface area contributed by atoms with Crippen molar-refractivity contribution in [3.8, 4) is 11.1 Å². The van der Waals surface area contributed by atoms with E-state index in [9.17, 15) is 28.8 Å². The Hall–Kier alpha value is -7.41. The predicted octanol–water partition coefficient (Wildman–Crippen LogP) is 4.04. The molecule has 3 fully saturated rings. The van der Waals surface area contributed by atoms with Crippen LogP contribution < -0.4 is 21.9 Å². The van der Waals surface area contributed by atoms with E-state index in [0.29, 0.717) is 75.1 Å². The molecule has 73 heavy (non-hydrogen) atoms. The molecule has 0 radical (unpaired) electrons. The number of nitrogens with zero attached hydrogens (tertiary/aromatic N) is 7. The molecular weight excluding hydrogens is 930 g/mol. The van der Waals surface area contributed by atoms with E-state index < -0.39 is 17.6 Å². The Morgan fingerprint density at radius 2 is 1.41 bits per heavy atom. The third-order valence-electron chi connectivity index (χ3n) is 14.1. The van der Waals surface area contributed by atoms with Crippen molar-refractivity contribution >= 4 is 40.9 Å². The van der Waals surface area contributed by atoms with Crippen LogP contribution in [0.5, 0.6) is 0 Å². The van der Waals surface area contributed by atoms with E-state index >= 15 is 4.39 Å². The molecule has 5 N–H and O–H groups in total. The molecule has 18 heteroatoms. The van der Waals surface area contributed by atoms with Gasteiger partial charge in [0.15, 0.2) is 5.69 Å². The standard InChI is InChI=1S/C55H64FN11O6/c1-3-37-7-6-8-41(27-37)42-30-48(61-49(68)33-59-31-40-12-14-50(69)62(2)34-40)52(60-32-42)55(73)67-21-19-64(20-22-67)35-38-15-17-63(18-16-38)36-51(70)65-23-25-66(26-24-65)54(72)45-28-39(11-13-46(45)56)29-47(57)43-9-4-5-10-44(43)53(58)71/h4-14,27-28,30,32,34,38,57,59H,3,15-26,29,31,33,35-36H2,1-2H3,(H2,58,71)(H,61,68). The molecule has 3 aliphatic rings. The summed E-state index contributed by atoms with van der Waals surface area (Å²) in [5.74, 6) is -1.91. The zero-order valence-corrected chi connectivity index (χ0v) is 41.6. The Balaban J connectivity index is 0.780. The van der Waals surface area contributed by atoms with Gasteiger partial charge in [0.05, 0.1) is 24.3 Å². The molecule has 0 unspecified atom stereocenters. The summed E-state index contributed by atoms with van der Waals surface area (Å²) in [6, 6.07) is 23.9. The quantitative estimate of drug-likeness (QED) is 0.0983. The molecule has 0 saturated carbocycles. The van der Waals surface area contributed by atoms with Gasteiger partial charge in [0.1, 0.15) is 5.82 Å². The van der Waals surface area contributed by atoms with Crippen molar-refractivity contribution in [1.29, 1.82) is 5.41 Å². The highest BCUT2D eigenvalue weighted by Crippen LogP contribution is 2.27. The number of primary amides is 1. The molecule has 5 amide bonds. The molecule has 3 aliphatic heterocycles. The Labute approximate surface area is 424 Å². The van der Waals surface area contributed by atoms with E-state index in [0.717, 1.165) is 61.2 Å². The fourth-order valence-corrected chi connectivity index (χ4v) is 9.83. The first-order valence-corrected chi connectivity index (χ1v) is 25.0. The lowest BCUT2D eigenvalue weighted by atomic mass is 9.96. The van der Waals surface area contributed by atoms with E-state index in [4.69, 9.17) is 11.1 Å². The average Bonchev–Trinajstić information content (AvgIpc) is 3.40. The predicted molar refractivity (Wildman–Crippen MR) is 277 cm³/mol. The first kappa shape index (κ1) is 51.9. The number of hydrogen-bond acceptors (Lipinski definition) is 11. The maximum atomic E-state index is 15.1. The molecule has 0 bridgehead atoms. The lowest BCUT2D eigenvalue weighted by Crippen LogP contribution is -2.53. The third-order valence-corrected chi connectivity index (χ3v) is 14.1. The van der Waals surface area contributed by atoms with Gasteiger partial charge in [0, 0.05) is 120 Å². The number of anilines is 1. The summed E-state index contributed by atoms with van der Waals surface area (Å²) in [7, 11) is 1.68. The number of carbonyl (C=O) groups is 5. The molecular formula is C55H64FN11O6. The number of aryl methyl sites for hydroxylation is 2. The molecule has 17 nitrogen and oxygen atoms in total. The summed E-state index contributed by atoms with van der Waals surface area (Å²) in [5, 5.41) is 14.7. The zero-order chi connectivity index (χ0) is 51.6. The van der Waals surface area contributed by atoms with Crippen LogP contribution in [0.25, 0.3) is 11.1 Å². The van der Waals surface area contributed by atoms with E-state index in [1.807, 2.05) is 18.2 Å². The second-order valence-electron chi connectivity index (χ2n) is 19.2. The van der Waals surface area contributed by atoms with Gasteiger partial charge in [-0.25, -0.2) is 9.37 Å². The van der Waals surface area contributed by atoms with Crippen LogP contribution in [-0.4, -0.2) is 154 Å². The first-order chi connectivity index (χ1) is 35.2. The van der Waals surface area contributed by atoms with Gasteiger partial charge in [0.25, 0.3) is 11.8 Å².